The molecule has 0 atom stereocenters. The molecule has 2 heterocycles. The summed E-state index contributed by atoms with van der Waals surface area (Å²) >= 11 is 0. The zero-order chi connectivity index (χ0) is 18.7. The highest BCUT2D eigenvalue weighted by atomic mass is 32.2. The molecule has 0 aliphatic carbocycles. The Hall–Kier alpha value is -3.27. The molecule has 0 fully saturated rings. The first-order valence-electron chi connectivity index (χ1n) is 7.57. The van der Waals surface area contributed by atoms with E-state index in [-0.39, 0.29) is 22.0 Å². The lowest BCUT2D eigenvalue weighted by Gasteiger charge is -2.08. The minimum absolute atomic E-state index is 0.0675. The second-order valence-corrected chi connectivity index (χ2v) is 7.13. The summed E-state index contributed by atoms with van der Waals surface area (Å²) in [4.78, 5) is 14.4. The Bertz CT molecular complexity index is 1050. The SMILES string of the molecule is Cc1c([N+](=O)[O-])cccc1S(=O)(=O)Nc1ccn(Cc2ccccn2)n1. The van der Waals surface area contributed by atoms with Crippen molar-refractivity contribution >= 4 is 21.5 Å². The first-order chi connectivity index (χ1) is 12.4. The summed E-state index contributed by atoms with van der Waals surface area (Å²) in [6, 6.07) is 10.9. The summed E-state index contributed by atoms with van der Waals surface area (Å²) in [5, 5.41) is 15.2. The lowest BCUT2D eigenvalue weighted by atomic mass is 10.2. The molecule has 0 saturated carbocycles. The fourth-order valence-electron chi connectivity index (χ4n) is 2.45. The monoisotopic (exact) mass is 373 g/mol. The Morgan fingerprint density at radius 2 is 2.00 bits per heavy atom. The molecule has 10 heteroatoms. The van der Waals surface area contributed by atoms with E-state index in [0.717, 1.165) is 5.69 Å². The predicted molar refractivity (Wildman–Crippen MR) is 94.2 cm³/mol. The predicted octanol–water partition coefficient (Wildman–Crippen LogP) is 2.34. The molecule has 0 aliphatic rings. The van der Waals surface area contributed by atoms with E-state index in [2.05, 4.69) is 14.8 Å². The highest BCUT2D eigenvalue weighted by Crippen LogP contribution is 2.26. The van der Waals surface area contributed by atoms with Crippen molar-refractivity contribution in [1.29, 1.82) is 0 Å². The number of hydrogen-bond donors (Lipinski definition) is 1. The Labute approximate surface area is 149 Å². The van der Waals surface area contributed by atoms with Gasteiger partial charge in [-0.25, -0.2) is 8.42 Å². The van der Waals surface area contributed by atoms with Crippen LogP contribution in [0.1, 0.15) is 11.3 Å². The average Bonchev–Trinajstić information content (AvgIpc) is 3.01. The van der Waals surface area contributed by atoms with Crippen molar-refractivity contribution in [3.05, 3.63) is 76.2 Å². The van der Waals surface area contributed by atoms with Gasteiger partial charge in [0.25, 0.3) is 15.7 Å². The minimum atomic E-state index is -4.01. The van der Waals surface area contributed by atoms with E-state index >= 15 is 0 Å². The number of nitro benzene ring substituents is 1. The van der Waals surface area contributed by atoms with Gasteiger partial charge in [-0.05, 0) is 25.1 Å². The molecule has 9 nitrogen and oxygen atoms in total. The molecule has 0 spiro atoms. The van der Waals surface area contributed by atoms with Crippen molar-refractivity contribution < 1.29 is 13.3 Å². The van der Waals surface area contributed by atoms with Crippen LogP contribution in [-0.2, 0) is 16.6 Å². The van der Waals surface area contributed by atoms with Crippen LogP contribution in [-0.4, -0.2) is 28.1 Å². The molecular formula is C16H15N5O4S. The van der Waals surface area contributed by atoms with Crippen molar-refractivity contribution in [1.82, 2.24) is 14.8 Å². The van der Waals surface area contributed by atoms with Crippen LogP contribution in [0.15, 0.2) is 59.8 Å². The van der Waals surface area contributed by atoms with Crippen molar-refractivity contribution in [3.8, 4) is 0 Å². The van der Waals surface area contributed by atoms with Gasteiger partial charge in [-0.3, -0.25) is 24.5 Å². The van der Waals surface area contributed by atoms with Crippen molar-refractivity contribution in [3.63, 3.8) is 0 Å². The minimum Gasteiger partial charge on any atom is -0.265 e. The first-order valence-corrected chi connectivity index (χ1v) is 9.05. The highest BCUT2D eigenvalue weighted by molar-refractivity contribution is 7.92. The lowest BCUT2D eigenvalue weighted by molar-refractivity contribution is -0.385. The third kappa shape index (κ3) is 3.70. The van der Waals surface area contributed by atoms with Crippen LogP contribution in [0.5, 0.6) is 0 Å². The first kappa shape index (κ1) is 17.5. The van der Waals surface area contributed by atoms with Gasteiger partial charge in [0, 0.05) is 30.1 Å². The van der Waals surface area contributed by atoms with Gasteiger partial charge in [0.15, 0.2) is 5.82 Å². The number of pyridine rings is 1. The van der Waals surface area contributed by atoms with E-state index in [1.807, 2.05) is 12.1 Å². The van der Waals surface area contributed by atoms with Crippen molar-refractivity contribution in [2.45, 2.75) is 18.4 Å². The molecule has 134 valence electrons. The maximum absolute atomic E-state index is 12.6. The zero-order valence-electron chi connectivity index (χ0n) is 13.7. The largest absolute Gasteiger partial charge is 0.273 e. The van der Waals surface area contributed by atoms with Gasteiger partial charge in [0.05, 0.1) is 22.1 Å². The maximum Gasteiger partial charge on any atom is 0.273 e. The van der Waals surface area contributed by atoms with Gasteiger partial charge in [0.1, 0.15) is 0 Å². The van der Waals surface area contributed by atoms with Gasteiger partial charge in [-0.15, -0.1) is 0 Å². The number of aromatic nitrogens is 3. The molecule has 0 saturated heterocycles. The van der Waals surface area contributed by atoms with Crippen LogP contribution >= 0.6 is 0 Å². The van der Waals surface area contributed by atoms with Gasteiger partial charge in [-0.1, -0.05) is 12.1 Å². The zero-order valence-corrected chi connectivity index (χ0v) is 14.5. The summed E-state index contributed by atoms with van der Waals surface area (Å²) in [6.07, 6.45) is 3.28. The van der Waals surface area contributed by atoms with Crippen LogP contribution in [0.4, 0.5) is 11.5 Å². The van der Waals surface area contributed by atoms with Crippen LogP contribution < -0.4 is 4.72 Å². The number of rotatable bonds is 6. The Morgan fingerprint density at radius 1 is 1.19 bits per heavy atom. The smallest absolute Gasteiger partial charge is 0.265 e. The topological polar surface area (TPSA) is 120 Å². The molecule has 3 aromatic rings. The fourth-order valence-corrected chi connectivity index (χ4v) is 3.71. The number of nitrogens with zero attached hydrogens (tertiary/aromatic N) is 4. The Balaban J connectivity index is 1.83. The van der Waals surface area contributed by atoms with E-state index in [1.165, 1.54) is 31.2 Å². The molecule has 0 bridgehead atoms. The number of nitro groups is 1. The molecule has 3 rings (SSSR count). The molecule has 1 N–H and O–H groups in total. The van der Waals surface area contributed by atoms with E-state index in [1.54, 1.807) is 23.1 Å². The second kappa shape index (κ2) is 6.92. The molecule has 1 aromatic carbocycles. The molecule has 26 heavy (non-hydrogen) atoms. The molecule has 0 unspecified atom stereocenters. The van der Waals surface area contributed by atoms with Crippen LogP contribution in [0.25, 0.3) is 0 Å². The van der Waals surface area contributed by atoms with Gasteiger partial charge >= 0.3 is 0 Å². The molecule has 0 amide bonds. The number of benzene rings is 1. The van der Waals surface area contributed by atoms with E-state index < -0.39 is 14.9 Å². The number of sulfonamides is 1. The average molecular weight is 373 g/mol. The summed E-state index contributed by atoms with van der Waals surface area (Å²) in [5.41, 5.74) is 0.589. The standard InChI is InChI=1S/C16H15N5O4S/c1-12-14(21(22)23)6-4-7-15(12)26(24,25)19-16-8-10-20(18-16)11-13-5-2-3-9-17-13/h2-10H,11H2,1H3,(H,18,19). The van der Waals surface area contributed by atoms with Gasteiger partial charge in [0.2, 0.25) is 0 Å². The Morgan fingerprint density at radius 3 is 2.69 bits per heavy atom. The summed E-state index contributed by atoms with van der Waals surface area (Å²) in [5.74, 6) is 0.117. The summed E-state index contributed by atoms with van der Waals surface area (Å²) in [6.45, 7) is 1.78. The van der Waals surface area contributed by atoms with Crippen LogP contribution in [0.2, 0.25) is 0 Å². The second-order valence-electron chi connectivity index (χ2n) is 5.48. The van der Waals surface area contributed by atoms with Crippen LogP contribution in [0.3, 0.4) is 0 Å². The van der Waals surface area contributed by atoms with Crippen molar-refractivity contribution in [2.75, 3.05) is 4.72 Å². The van der Waals surface area contributed by atoms with E-state index in [4.69, 9.17) is 0 Å². The van der Waals surface area contributed by atoms with Crippen molar-refractivity contribution in [2.24, 2.45) is 0 Å². The van der Waals surface area contributed by atoms with Crippen LogP contribution in [0, 0.1) is 17.0 Å². The van der Waals surface area contributed by atoms with Gasteiger partial charge in [-0.2, -0.15) is 5.10 Å². The van der Waals surface area contributed by atoms with E-state index in [0.29, 0.717) is 6.54 Å². The molecule has 2 aromatic heterocycles. The van der Waals surface area contributed by atoms with Gasteiger partial charge < -0.3 is 0 Å². The van der Waals surface area contributed by atoms with E-state index in [9.17, 15) is 18.5 Å². The third-order valence-corrected chi connectivity index (χ3v) is 5.17. The number of nitrogens with one attached hydrogen (secondary N) is 1. The third-order valence-electron chi connectivity index (χ3n) is 3.67. The fraction of sp³-hybridized carbons (Fsp3) is 0.125. The molecule has 0 radical (unpaired) electrons. The summed E-state index contributed by atoms with van der Waals surface area (Å²) in [7, 11) is -4.01. The maximum atomic E-state index is 12.6. The quantitative estimate of drug-likeness (QED) is 0.523. The number of anilines is 1. The number of hydrogen-bond acceptors (Lipinski definition) is 6. The highest BCUT2D eigenvalue weighted by Gasteiger charge is 2.23. The normalized spacial score (nSPS) is 11.3. The molecular weight excluding hydrogens is 358 g/mol. The molecule has 0 aliphatic heterocycles. The summed E-state index contributed by atoms with van der Waals surface area (Å²) < 4.78 is 29.0. The lowest BCUT2D eigenvalue weighted by Crippen LogP contribution is -2.15. The Kier molecular flexibility index (Phi) is 4.67.